The summed E-state index contributed by atoms with van der Waals surface area (Å²) in [7, 11) is 0. The van der Waals surface area contributed by atoms with Gasteiger partial charge in [0.2, 0.25) is 6.23 Å². The highest BCUT2D eigenvalue weighted by Gasteiger charge is 2.36. The smallest absolute Gasteiger partial charge is 0.416 e. The van der Waals surface area contributed by atoms with Gasteiger partial charge in [-0.3, -0.25) is 10.1 Å². The zero-order valence-electron chi connectivity index (χ0n) is 10.3. The van der Waals surface area contributed by atoms with Gasteiger partial charge in [0.15, 0.2) is 0 Å². The molecule has 1 heterocycles. The molecular formula is C11H5Cl2F3N2O4. The van der Waals surface area contributed by atoms with Gasteiger partial charge in [0.25, 0.3) is 5.69 Å². The second-order valence-corrected chi connectivity index (χ2v) is 4.86. The van der Waals surface area contributed by atoms with E-state index in [-0.39, 0.29) is 10.7 Å². The van der Waals surface area contributed by atoms with Crippen molar-refractivity contribution >= 4 is 40.5 Å². The minimum atomic E-state index is -4.73. The van der Waals surface area contributed by atoms with Gasteiger partial charge in [-0.2, -0.15) is 13.2 Å². The fourth-order valence-corrected chi connectivity index (χ4v) is 1.96. The van der Waals surface area contributed by atoms with E-state index in [1.165, 1.54) is 0 Å². The quantitative estimate of drug-likeness (QED) is 0.508. The number of rotatable bonds is 3. The van der Waals surface area contributed by atoms with Crippen LogP contribution in [-0.2, 0) is 15.7 Å². The average Bonchev–Trinajstić information content (AvgIpc) is 2.65. The molecule has 11 heteroatoms. The summed E-state index contributed by atoms with van der Waals surface area (Å²) in [6.45, 7) is 0. The van der Waals surface area contributed by atoms with Crippen molar-refractivity contribution in [3.63, 3.8) is 0 Å². The predicted octanol–water partition coefficient (Wildman–Crippen LogP) is 3.60. The van der Waals surface area contributed by atoms with Gasteiger partial charge < -0.3 is 10.1 Å². The first-order valence-corrected chi connectivity index (χ1v) is 6.25. The normalized spacial score (nSPS) is 18.4. The van der Waals surface area contributed by atoms with Crippen molar-refractivity contribution in [2.24, 2.45) is 0 Å². The monoisotopic (exact) mass is 356 g/mol. The Balaban J connectivity index is 2.36. The second kappa shape index (κ2) is 5.65. The highest BCUT2D eigenvalue weighted by molar-refractivity contribution is 6.48. The summed E-state index contributed by atoms with van der Waals surface area (Å²) in [6.07, 6.45) is -6.04. The van der Waals surface area contributed by atoms with Crippen LogP contribution in [0.3, 0.4) is 0 Å². The van der Waals surface area contributed by atoms with Gasteiger partial charge in [0.05, 0.1) is 10.5 Å². The Bertz CT molecular complexity index is 690. The molecule has 0 amide bonds. The molecule has 118 valence electrons. The first kappa shape index (κ1) is 16.4. The molecule has 1 aliphatic heterocycles. The molecule has 1 atom stereocenters. The van der Waals surface area contributed by atoms with Gasteiger partial charge >= 0.3 is 12.1 Å². The lowest BCUT2D eigenvalue weighted by atomic mass is 10.1. The number of nitro groups is 1. The fourth-order valence-electron chi connectivity index (χ4n) is 1.64. The number of nitro benzene ring substituents is 1. The predicted molar refractivity (Wildman–Crippen MR) is 70.3 cm³/mol. The summed E-state index contributed by atoms with van der Waals surface area (Å²) < 4.78 is 42.4. The first-order valence-electron chi connectivity index (χ1n) is 5.49. The molecule has 0 radical (unpaired) electrons. The van der Waals surface area contributed by atoms with Crippen LogP contribution in [0.2, 0.25) is 0 Å². The van der Waals surface area contributed by atoms with E-state index in [2.05, 4.69) is 10.1 Å². The number of alkyl halides is 3. The first-order chi connectivity index (χ1) is 10.1. The molecule has 0 saturated carbocycles. The Morgan fingerprint density at radius 1 is 1.32 bits per heavy atom. The maximum absolute atomic E-state index is 12.6. The summed E-state index contributed by atoms with van der Waals surface area (Å²) in [5.41, 5.74) is -2.34. The number of halogens is 5. The van der Waals surface area contributed by atoms with Gasteiger partial charge in [-0.1, -0.05) is 23.2 Å². The number of nitrogens with one attached hydrogen (secondary N) is 1. The SMILES string of the molecule is O=C1OC(Nc2ccc(C(F)(F)F)cc2[N+](=O)[O-])C(Cl)=C1Cl. The van der Waals surface area contributed by atoms with E-state index < -0.39 is 39.6 Å². The Labute approximate surface area is 130 Å². The number of benzene rings is 1. The average molecular weight is 357 g/mol. The maximum Gasteiger partial charge on any atom is 0.416 e. The number of hydrogen-bond donors (Lipinski definition) is 1. The van der Waals surface area contributed by atoms with Crippen LogP contribution in [0.25, 0.3) is 0 Å². The van der Waals surface area contributed by atoms with E-state index in [9.17, 15) is 28.1 Å². The molecule has 2 rings (SSSR count). The van der Waals surface area contributed by atoms with Gasteiger partial charge in [0, 0.05) is 6.07 Å². The standard InChI is InChI=1S/C11H5Cl2F3N2O4/c12-7-8(13)10(19)22-9(7)17-5-2-1-4(11(14,15)16)3-6(5)18(20)21/h1-3,9,17H. The molecule has 1 aromatic carbocycles. The summed E-state index contributed by atoms with van der Waals surface area (Å²) >= 11 is 11.2. The maximum atomic E-state index is 12.6. The zero-order chi connectivity index (χ0) is 16.7. The van der Waals surface area contributed by atoms with Gasteiger partial charge in [-0.15, -0.1) is 0 Å². The Morgan fingerprint density at radius 3 is 2.41 bits per heavy atom. The third-order valence-electron chi connectivity index (χ3n) is 2.65. The van der Waals surface area contributed by atoms with Gasteiger partial charge in [-0.25, -0.2) is 4.79 Å². The number of anilines is 1. The third kappa shape index (κ3) is 3.09. The molecule has 1 aromatic rings. The largest absolute Gasteiger partial charge is 0.432 e. The molecule has 0 fully saturated rings. The number of cyclic esters (lactones) is 1. The van der Waals surface area contributed by atoms with E-state index in [0.29, 0.717) is 12.1 Å². The second-order valence-electron chi connectivity index (χ2n) is 4.08. The number of carbonyl (C=O) groups excluding carboxylic acids is 1. The third-order valence-corrected chi connectivity index (χ3v) is 3.49. The van der Waals surface area contributed by atoms with Crippen molar-refractivity contribution in [3.8, 4) is 0 Å². The summed E-state index contributed by atoms with van der Waals surface area (Å²) in [5.74, 6) is -0.946. The topological polar surface area (TPSA) is 81.5 Å². The van der Waals surface area contributed by atoms with Crippen LogP contribution < -0.4 is 5.32 Å². The fraction of sp³-hybridized carbons (Fsp3) is 0.182. The Kier molecular flexibility index (Phi) is 4.21. The highest BCUT2D eigenvalue weighted by atomic mass is 35.5. The van der Waals surface area contributed by atoms with Crippen LogP contribution in [0.5, 0.6) is 0 Å². The molecular weight excluding hydrogens is 352 g/mol. The minimum Gasteiger partial charge on any atom is -0.432 e. The van der Waals surface area contributed by atoms with Crippen molar-refractivity contribution in [1.82, 2.24) is 0 Å². The summed E-state index contributed by atoms with van der Waals surface area (Å²) in [5, 5.41) is 12.6. The molecule has 1 unspecified atom stereocenters. The molecule has 22 heavy (non-hydrogen) atoms. The van der Waals surface area contributed by atoms with Crippen molar-refractivity contribution in [3.05, 3.63) is 43.9 Å². The van der Waals surface area contributed by atoms with E-state index in [0.717, 1.165) is 6.07 Å². The lowest BCUT2D eigenvalue weighted by molar-refractivity contribution is -0.384. The Morgan fingerprint density at radius 2 is 1.95 bits per heavy atom. The number of hydrogen-bond acceptors (Lipinski definition) is 5. The van der Waals surface area contributed by atoms with E-state index in [1.807, 2.05) is 0 Å². The molecule has 0 aromatic heterocycles. The highest BCUT2D eigenvalue weighted by Crippen LogP contribution is 2.37. The molecule has 1 aliphatic rings. The van der Waals surface area contributed by atoms with E-state index in [4.69, 9.17) is 23.2 Å². The number of ether oxygens (including phenoxy) is 1. The van der Waals surface area contributed by atoms with Crippen LogP contribution >= 0.6 is 23.2 Å². The molecule has 0 bridgehead atoms. The van der Waals surface area contributed by atoms with Crippen molar-refractivity contribution < 1.29 is 27.6 Å². The summed E-state index contributed by atoms with van der Waals surface area (Å²) in [6, 6.07) is 1.84. The van der Waals surface area contributed by atoms with E-state index in [1.54, 1.807) is 0 Å². The molecule has 1 N–H and O–H groups in total. The van der Waals surface area contributed by atoms with Crippen molar-refractivity contribution in [1.29, 1.82) is 0 Å². The van der Waals surface area contributed by atoms with E-state index >= 15 is 0 Å². The number of nitrogens with zero attached hydrogens (tertiary/aromatic N) is 1. The number of carbonyl (C=O) groups is 1. The van der Waals surface area contributed by atoms with Gasteiger partial charge in [0.1, 0.15) is 15.8 Å². The summed E-state index contributed by atoms with van der Waals surface area (Å²) in [4.78, 5) is 21.1. The van der Waals surface area contributed by atoms with Crippen LogP contribution in [0.4, 0.5) is 24.5 Å². The van der Waals surface area contributed by atoms with Crippen LogP contribution in [0.15, 0.2) is 28.3 Å². The van der Waals surface area contributed by atoms with Crippen LogP contribution in [0.1, 0.15) is 5.56 Å². The van der Waals surface area contributed by atoms with Crippen LogP contribution in [0, 0.1) is 10.1 Å². The van der Waals surface area contributed by atoms with Crippen LogP contribution in [-0.4, -0.2) is 17.1 Å². The van der Waals surface area contributed by atoms with Crippen molar-refractivity contribution in [2.45, 2.75) is 12.4 Å². The van der Waals surface area contributed by atoms with Gasteiger partial charge in [-0.05, 0) is 12.1 Å². The minimum absolute atomic E-state index is 0.249. The Hall–Kier alpha value is -2.00. The lowest BCUT2D eigenvalue weighted by Crippen LogP contribution is -2.21. The molecule has 0 aliphatic carbocycles. The van der Waals surface area contributed by atoms with Crippen molar-refractivity contribution in [2.75, 3.05) is 5.32 Å². The molecule has 6 nitrogen and oxygen atoms in total. The molecule has 0 saturated heterocycles. The zero-order valence-corrected chi connectivity index (χ0v) is 11.8. The lowest BCUT2D eigenvalue weighted by Gasteiger charge is -2.15. The number of esters is 1. The molecule has 0 spiro atoms.